The number of nitrogens with zero attached hydrogens (tertiary/aromatic N) is 1. The average Bonchev–Trinajstić information content (AvgIpc) is 2.95. The second-order valence-electron chi connectivity index (χ2n) is 9.09. The van der Waals surface area contributed by atoms with Gasteiger partial charge in [0.2, 0.25) is 5.91 Å². The summed E-state index contributed by atoms with van der Waals surface area (Å²) in [7, 11) is 0. The smallest absolute Gasteiger partial charge is 0.240 e. The molecule has 3 saturated heterocycles. The normalized spacial score (nSPS) is 35.0. The Bertz CT molecular complexity index is 665. The number of nitrogens with one attached hydrogen (secondary N) is 2. The van der Waals surface area contributed by atoms with Crippen molar-refractivity contribution in [3.63, 3.8) is 0 Å². The molecule has 4 fully saturated rings. The van der Waals surface area contributed by atoms with Crippen molar-refractivity contribution in [3.05, 3.63) is 35.9 Å². The lowest BCUT2D eigenvalue weighted by Gasteiger charge is -2.56. The van der Waals surface area contributed by atoms with Crippen molar-refractivity contribution in [1.82, 2.24) is 15.5 Å². The van der Waals surface area contributed by atoms with Gasteiger partial charge < -0.3 is 15.7 Å². The number of aliphatic hydroxyl groups excluding tert-OH is 1. The van der Waals surface area contributed by atoms with Crippen molar-refractivity contribution < 1.29 is 9.90 Å². The Morgan fingerprint density at radius 3 is 2.85 bits per heavy atom. The standard InChI is InChI=1S/C22H33N3O2/c1-15(2)13-25-14-17-11-22(21(27)23-8-9-26)19(20(25)18(17)12-24-22)10-16-6-4-3-5-7-16/h3-7,15,17-20,24,26H,8-14H2,1-2H3,(H,23,27)/t17-,18-,19-,20+,22+/m1/s1. The summed E-state index contributed by atoms with van der Waals surface area (Å²) in [4.78, 5) is 16.0. The van der Waals surface area contributed by atoms with Crippen LogP contribution in [0.15, 0.2) is 30.3 Å². The van der Waals surface area contributed by atoms with E-state index in [0.717, 1.165) is 32.5 Å². The molecule has 5 heteroatoms. The highest BCUT2D eigenvalue weighted by Crippen LogP contribution is 2.52. The van der Waals surface area contributed by atoms with Crippen LogP contribution < -0.4 is 10.6 Å². The summed E-state index contributed by atoms with van der Waals surface area (Å²) in [6.07, 6.45) is 1.83. The van der Waals surface area contributed by atoms with Gasteiger partial charge in [0.25, 0.3) is 0 Å². The molecule has 0 aromatic heterocycles. The summed E-state index contributed by atoms with van der Waals surface area (Å²) in [5.74, 6) is 2.21. The van der Waals surface area contributed by atoms with Gasteiger partial charge in [0.15, 0.2) is 0 Å². The van der Waals surface area contributed by atoms with Crippen LogP contribution in [0.25, 0.3) is 0 Å². The molecule has 0 unspecified atom stereocenters. The van der Waals surface area contributed by atoms with E-state index in [9.17, 15) is 9.90 Å². The molecule has 3 N–H and O–H groups in total. The highest BCUT2D eigenvalue weighted by molar-refractivity contribution is 5.87. The van der Waals surface area contributed by atoms with Crippen molar-refractivity contribution in [3.8, 4) is 0 Å². The quantitative estimate of drug-likeness (QED) is 0.675. The monoisotopic (exact) mass is 371 g/mol. The number of piperidine rings is 2. The third-order valence-corrected chi connectivity index (χ3v) is 6.92. The van der Waals surface area contributed by atoms with E-state index in [1.54, 1.807) is 0 Å². The maximum atomic E-state index is 13.3. The molecular weight excluding hydrogens is 338 g/mol. The molecule has 1 aromatic carbocycles. The summed E-state index contributed by atoms with van der Waals surface area (Å²) < 4.78 is 0. The van der Waals surface area contributed by atoms with Crippen LogP contribution in [0.4, 0.5) is 0 Å². The molecule has 5 atom stereocenters. The number of benzene rings is 1. The number of likely N-dealkylation sites (tertiary alicyclic amines) is 1. The highest BCUT2D eigenvalue weighted by atomic mass is 16.3. The molecule has 0 radical (unpaired) electrons. The molecule has 1 aliphatic carbocycles. The van der Waals surface area contributed by atoms with E-state index < -0.39 is 5.54 Å². The van der Waals surface area contributed by atoms with Crippen molar-refractivity contribution >= 4 is 5.91 Å². The van der Waals surface area contributed by atoms with Crippen LogP contribution >= 0.6 is 0 Å². The van der Waals surface area contributed by atoms with Crippen LogP contribution in [0.2, 0.25) is 0 Å². The van der Waals surface area contributed by atoms with E-state index >= 15 is 0 Å². The largest absolute Gasteiger partial charge is 0.395 e. The van der Waals surface area contributed by atoms with Gasteiger partial charge in [-0.25, -0.2) is 0 Å². The SMILES string of the molecule is CC(C)CN1C[C@H]2C[C@]3(C(=O)NCCO)NC[C@H]2[C@H]1[C@H]3Cc1ccccc1. The van der Waals surface area contributed by atoms with Crippen molar-refractivity contribution in [1.29, 1.82) is 0 Å². The Labute approximate surface area is 162 Å². The lowest BCUT2D eigenvalue weighted by molar-refractivity contribution is -0.138. The van der Waals surface area contributed by atoms with E-state index in [0.29, 0.717) is 30.3 Å². The molecular formula is C22H33N3O2. The topological polar surface area (TPSA) is 64.6 Å². The minimum absolute atomic E-state index is 0.0138. The number of fused-ring (bicyclic) bond motifs is 1. The average molecular weight is 372 g/mol. The summed E-state index contributed by atoms with van der Waals surface area (Å²) in [5, 5.41) is 15.8. The lowest BCUT2D eigenvalue weighted by Crippen LogP contribution is -2.74. The first-order valence-corrected chi connectivity index (χ1v) is 10.5. The fourth-order valence-corrected chi connectivity index (χ4v) is 6.02. The van der Waals surface area contributed by atoms with Gasteiger partial charge in [-0.05, 0) is 36.2 Å². The predicted octanol–water partition coefficient (Wildman–Crippen LogP) is 1.27. The van der Waals surface area contributed by atoms with E-state index in [4.69, 9.17) is 0 Å². The maximum absolute atomic E-state index is 13.3. The number of aliphatic hydroxyl groups is 1. The molecule has 0 spiro atoms. The molecule has 5 rings (SSSR count). The van der Waals surface area contributed by atoms with E-state index in [1.807, 2.05) is 0 Å². The molecule has 27 heavy (non-hydrogen) atoms. The first kappa shape index (κ1) is 18.9. The van der Waals surface area contributed by atoms with Gasteiger partial charge in [-0.3, -0.25) is 9.69 Å². The molecule has 1 amide bonds. The van der Waals surface area contributed by atoms with Crippen molar-refractivity contribution in [2.45, 2.75) is 38.3 Å². The molecule has 1 aromatic rings. The minimum Gasteiger partial charge on any atom is -0.395 e. The first-order chi connectivity index (χ1) is 13.0. The summed E-state index contributed by atoms with van der Waals surface area (Å²) in [6, 6.07) is 11.1. The minimum atomic E-state index is -0.513. The van der Waals surface area contributed by atoms with Gasteiger partial charge in [0.05, 0.1) is 6.61 Å². The van der Waals surface area contributed by atoms with E-state index in [2.05, 4.69) is 59.7 Å². The molecule has 3 heterocycles. The third-order valence-electron chi connectivity index (χ3n) is 6.92. The number of carbonyl (C=O) groups is 1. The molecule has 1 saturated carbocycles. The predicted molar refractivity (Wildman–Crippen MR) is 106 cm³/mol. The number of amides is 1. The van der Waals surface area contributed by atoms with Crippen LogP contribution in [-0.4, -0.2) is 60.3 Å². The van der Waals surface area contributed by atoms with Crippen molar-refractivity contribution in [2.24, 2.45) is 23.7 Å². The number of hydrogen-bond donors (Lipinski definition) is 3. The van der Waals surface area contributed by atoms with Gasteiger partial charge in [0.1, 0.15) is 5.54 Å². The summed E-state index contributed by atoms with van der Waals surface area (Å²) in [5.41, 5.74) is 0.792. The molecule has 5 nitrogen and oxygen atoms in total. The van der Waals surface area contributed by atoms with Gasteiger partial charge >= 0.3 is 0 Å². The Kier molecular flexibility index (Phi) is 5.28. The van der Waals surface area contributed by atoms with Gasteiger partial charge in [-0.15, -0.1) is 0 Å². The van der Waals surface area contributed by atoms with E-state index in [1.165, 1.54) is 5.56 Å². The molecule has 148 valence electrons. The Morgan fingerprint density at radius 2 is 2.15 bits per heavy atom. The van der Waals surface area contributed by atoms with E-state index in [-0.39, 0.29) is 18.4 Å². The zero-order valence-electron chi connectivity index (χ0n) is 16.5. The third kappa shape index (κ3) is 3.30. The molecule has 3 aliphatic heterocycles. The van der Waals surface area contributed by atoms with Crippen LogP contribution in [0, 0.1) is 23.7 Å². The van der Waals surface area contributed by atoms with Crippen molar-refractivity contribution in [2.75, 3.05) is 32.8 Å². The zero-order chi connectivity index (χ0) is 19.0. The first-order valence-electron chi connectivity index (χ1n) is 10.5. The molecule has 4 aliphatic rings. The fourth-order valence-electron chi connectivity index (χ4n) is 6.02. The Morgan fingerprint density at radius 1 is 1.37 bits per heavy atom. The van der Waals surface area contributed by atoms with Crippen LogP contribution in [-0.2, 0) is 11.2 Å². The number of carbonyl (C=O) groups excluding carboxylic acids is 1. The van der Waals surface area contributed by atoms with Crippen LogP contribution in [0.1, 0.15) is 25.8 Å². The number of hydrogen-bond acceptors (Lipinski definition) is 4. The van der Waals surface area contributed by atoms with Gasteiger partial charge in [-0.2, -0.15) is 0 Å². The fraction of sp³-hybridized carbons (Fsp3) is 0.682. The second-order valence-corrected chi connectivity index (χ2v) is 9.09. The maximum Gasteiger partial charge on any atom is 0.240 e. The summed E-state index contributed by atoms with van der Waals surface area (Å²) in [6.45, 7) is 8.05. The van der Waals surface area contributed by atoms with Crippen LogP contribution in [0.5, 0.6) is 0 Å². The van der Waals surface area contributed by atoms with Gasteiger partial charge in [-0.1, -0.05) is 44.2 Å². The zero-order valence-corrected chi connectivity index (χ0v) is 16.5. The summed E-state index contributed by atoms with van der Waals surface area (Å²) >= 11 is 0. The second kappa shape index (κ2) is 7.53. The molecule has 4 bridgehead atoms. The van der Waals surface area contributed by atoms with Gasteiger partial charge in [0, 0.05) is 38.1 Å². The van der Waals surface area contributed by atoms with Crippen LogP contribution in [0.3, 0.4) is 0 Å². The lowest BCUT2D eigenvalue weighted by atomic mass is 9.58. The Hall–Kier alpha value is -1.43. The highest BCUT2D eigenvalue weighted by Gasteiger charge is 2.64. The Balaban J connectivity index is 1.67. The number of rotatable bonds is 7.